The van der Waals surface area contributed by atoms with Gasteiger partial charge in [0.15, 0.2) is 0 Å². The number of aryl methyl sites for hydroxylation is 2. The molecule has 0 aliphatic rings. The fourth-order valence-electron chi connectivity index (χ4n) is 1.71. The molecule has 4 N–H and O–H groups in total. The standard InChI is InChI=1S/C14H19N5/c1-10-3-5-12(6-4-10)19-14-9-13(16-8-7-15)17-11(2)18-14/h3-6,9H,7-8,15H2,1-2H3,(H2,16,17,18,19). The molecule has 0 amide bonds. The van der Waals surface area contributed by atoms with Crippen LogP contribution in [0.25, 0.3) is 0 Å². The first-order valence-corrected chi connectivity index (χ1v) is 6.30. The molecule has 0 atom stereocenters. The molecule has 100 valence electrons. The molecule has 1 heterocycles. The number of rotatable bonds is 5. The first-order chi connectivity index (χ1) is 9.17. The SMILES string of the molecule is Cc1ccc(Nc2cc(NCCN)nc(C)n2)cc1. The van der Waals surface area contributed by atoms with Crippen LogP contribution in [-0.4, -0.2) is 23.1 Å². The van der Waals surface area contributed by atoms with E-state index in [-0.39, 0.29) is 0 Å². The van der Waals surface area contributed by atoms with Gasteiger partial charge < -0.3 is 16.4 Å². The highest BCUT2D eigenvalue weighted by Crippen LogP contribution is 2.17. The van der Waals surface area contributed by atoms with Gasteiger partial charge in [0.2, 0.25) is 0 Å². The number of nitrogens with one attached hydrogen (secondary N) is 2. The Labute approximate surface area is 113 Å². The maximum absolute atomic E-state index is 5.47. The lowest BCUT2D eigenvalue weighted by atomic mass is 10.2. The highest BCUT2D eigenvalue weighted by atomic mass is 15.1. The van der Waals surface area contributed by atoms with Crippen LogP contribution in [0.5, 0.6) is 0 Å². The number of benzene rings is 1. The topological polar surface area (TPSA) is 75.9 Å². The first-order valence-electron chi connectivity index (χ1n) is 6.30. The fraction of sp³-hybridized carbons (Fsp3) is 0.286. The second-order valence-electron chi connectivity index (χ2n) is 4.39. The van der Waals surface area contributed by atoms with Gasteiger partial charge in [-0.15, -0.1) is 0 Å². The van der Waals surface area contributed by atoms with Crippen LogP contribution in [0.3, 0.4) is 0 Å². The van der Waals surface area contributed by atoms with Crippen LogP contribution < -0.4 is 16.4 Å². The van der Waals surface area contributed by atoms with E-state index in [0.717, 1.165) is 23.1 Å². The average Bonchev–Trinajstić information content (AvgIpc) is 2.38. The summed E-state index contributed by atoms with van der Waals surface area (Å²) in [7, 11) is 0. The van der Waals surface area contributed by atoms with Crippen molar-refractivity contribution < 1.29 is 0 Å². The van der Waals surface area contributed by atoms with Gasteiger partial charge in [-0.2, -0.15) is 0 Å². The first kappa shape index (κ1) is 13.3. The monoisotopic (exact) mass is 257 g/mol. The van der Waals surface area contributed by atoms with Gasteiger partial charge in [0.05, 0.1) is 0 Å². The Bertz CT molecular complexity index is 536. The maximum atomic E-state index is 5.47. The van der Waals surface area contributed by atoms with Crippen molar-refractivity contribution in [3.63, 3.8) is 0 Å². The summed E-state index contributed by atoms with van der Waals surface area (Å²) in [6, 6.07) is 10.1. The van der Waals surface area contributed by atoms with Gasteiger partial charge in [-0.1, -0.05) is 17.7 Å². The van der Waals surface area contributed by atoms with Crippen molar-refractivity contribution in [1.82, 2.24) is 9.97 Å². The number of aromatic nitrogens is 2. The second kappa shape index (κ2) is 6.15. The minimum absolute atomic E-state index is 0.573. The Balaban J connectivity index is 2.15. The smallest absolute Gasteiger partial charge is 0.136 e. The second-order valence-corrected chi connectivity index (χ2v) is 4.39. The Hall–Kier alpha value is -2.14. The molecule has 0 saturated carbocycles. The van der Waals surface area contributed by atoms with Gasteiger partial charge >= 0.3 is 0 Å². The molecule has 2 aromatic rings. The molecule has 0 aliphatic heterocycles. The summed E-state index contributed by atoms with van der Waals surface area (Å²) in [4.78, 5) is 8.68. The van der Waals surface area contributed by atoms with Crippen molar-refractivity contribution in [2.45, 2.75) is 13.8 Å². The molecule has 0 spiro atoms. The van der Waals surface area contributed by atoms with E-state index in [0.29, 0.717) is 13.1 Å². The summed E-state index contributed by atoms with van der Waals surface area (Å²) >= 11 is 0. The number of anilines is 3. The van der Waals surface area contributed by atoms with Gasteiger partial charge in [0.25, 0.3) is 0 Å². The van der Waals surface area contributed by atoms with E-state index < -0.39 is 0 Å². The van der Waals surface area contributed by atoms with E-state index in [1.54, 1.807) is 0 Å². The molecule has 1 aromatic heterocycles. The van der Waals surface area contributed by atoms with Crippen LogP contribution >= 0.6 is 0 Å². The van der Waals surface area contributed by atoms with Crippen LogP contribution in [0.1, 0.15) is 11.4 Å². The third kappa shape index (κ3) is 3.93. The summed E-state index contributed by atoms with van der Waals surface area (Å²) in [5.41, 5.74) is 7.71. The molecule has 0 bridgehead atoms. The van der Waals surface area contributed by atoms with Crippen molar-refractivity contribution >= 4 is 17.3 Å². The molecule has 0 aliphatic carbocycles. The molecule has 5 heteroatoms. The van der Waals surface area contributed by atoms with Gasteiger partial charge in [-0.3, -0.25) is 0 Å². The highest BCUT2D eigenvalue weighted by molar-refractivity contribution is 5.59. The van der Waals surface area contributed by atoms with Crippen molar-refractivity contribution in [1.29, 1.82) is 0 Å². The summed E-state index contributed by atoms with van der Waals surface area (Å²) in [5.74, 6) is 2.28. The molecule has 0 saturated heterocycles. The largest absolute Gasteiger partial charge is 0.369 e. The summed E-state index contributed by atoms with van der Waals surface area (Å²) in [6.07, 6.45) is 0. The van der Waals surface area contributed by atoms with E-state index >= 15 is 0 Å². The lowest BCUT2D eigenvalue weighted by molar-refractivity contribution is 0.987. The van der Waals surface area contributed by atoms with Gasteiger partial charge in [-0.25, -0.2) is 9.97 Å². The molecule has 5 nitrogen and oxygen atoms in total. The molecular formula is C14H19N5. The Morgan fingerprint density at radius 1 is 1.05 bits per heavy atom. The molecule has 0 unspecified atom stereocenters. The van der Waals surface area contributed by atoms with Gasteiger partial charge in [-0.05, 0) is 26.0 Å². The molecule has 0 fully saturated rings. The summed E-state index contributed by atoms with van der Waals surface area (Å²) in [6.45, 7) is 5.20. The maximum Gasteiger partial charge on any atom is 0.136 e. The van der Waals surface area contributed by atoms with Crippen LogP contribution in [0, 0.1) is 13.8 Å². The number of hydrogen-bond donors (Lipinski definition) is 3. The Morgan fingerprint density at radius 3 is 2.42 bits per heavy atom. The minimum atomic E-state index is 0.573. The number of nitrogens with zero attached hydrogens (tertiary/aromatic N) is 2. The Kier molecular flexibility index (Phi) is 4.30. The van der Waals surface area contributed by atoms with Gasteiger partial charge in [0, 0.05) is 24.8 Å². The summed E-state index contributed by atoms with van der Waals surface area (Å²) in [5, 5.41) is 6.42. The van der Waals surface area contributed by atoms with E-state index in [9.17, 15) is 0 Å². The summed E-state index contributed by atoms with van der Waals surface area (Å²) < 4.78 is 0. The zero-order valence-electron chi connectivity index (χ0n) is 11.3. The Morgan fingerprint density at radius 2 is 1.74 bits per heavy atom. The molecule has 1 aromatic carbocycles. The van der Waals surface area contributed by atoms with Crippen molar-refractivity contribution in [3.05, 3.63) is 41.7 Å². The molecule has 2 rings (SSSR count). The van der Waals surface area contributed by atoms with Crippen molar-refractivity contribution in [2.24, 2.45) is 5.73 Å². The average molecular weight is 257 g/mol. The fourth-order valence-corrected chi connectivity index (χ4v) is 1.71. The zero-order chi connectivity index (χ0) is 13.7. The van der Waals surface area contributed by atoms with E-state index in [2.05, 4.69) is 39.7 Å². The zero-order valence-corrected chi connectivity index (χ0v) is 11.3. The lowest BCUT2D eigenvalue weighted by Crippen LogP contribution is -2.14. The van der Waals surface area contributed by atoms with Crippen LogP contribution in [0.15, 0.2) is 30.3 Å². The third-order valence-electron chi connectivity index (χ3n) is 2.61. The normalized spacial score (nSPS) is 10.3. The third-order valence-corrected chi connectivity index (χ3v) is 2.61. The van der Waals surface area contributed by atoms with Crippen LogP contribution in [-0.2, 0) is 0 Å². The van der Waals surface area contributed by atoms with E-state index in [4.69, 9.17) is 5.73 Å². The predicted molar refractivity (Wildman–Crippen MR) is 78.8 cm³/mol. The van der Waals surface area contributed by atoms with Crippen molar-refractivity contribution in [2.75, 3.05) is 23.7 Å². The minimum Gasteiger partial charge on any atom is -0.369 e. The van der Waals surface area contributed by atoms with Crippen LogP contribution in [0.4, 0.5) is 17.3 Å². The van der Waals surface area contributed by atoms with Crippen LogP contribution in [0.2, 0.25) is 0 Å². The highest BCUT2D eigenvalue weighted by Gasteiger charge is 2.02. The lowest BCUT2D eigenvalue weighted by Gasteiger charge is -2.09. The number of nitrogens with two attached hydrogens (primary N) is 1. The van der Waals surface area contributed by atoms with E-state index in [1.807, 2.05) is 25.1 Å². The quantitative estimate of drug-likeness (QED) is 0.765. The molecule has 19 heavy (non-hydrogen) atoms. The predicted octanol–water partition coefficient (Wildman–Crippen LogP) is 2.21. The van der Waals surface area contributed by atoms with Crippen molar-refractivity contribution in [3.8, 4) is 0 Å². The molecule has 0 radical (unpaired) electrons. The number of hydrogen-bond acceptors (Lipinski definition) is 5. The molecular weight excluding hydrogens is 238 g/mol. The van der Waals surface area contributed by atoms with E-state index in [1.165, 1.54) is 5.56 Å². The van der Waals surface area contributed by atoms with Gasteiger partial charge in [0.1, 0.15) is 17.5 Å².